The summed E-state index contributed by atoms with van der Waals surface area (Å²) >= 11 is 5.94. The zero-order valence-corrected chi connectivity index (χ0v) is 19.5. The Labute approximate surface area is 195 Å². The van der Waals surface area contributed by atoms with Gasteiger partial charge >= 0.3 is 0 Å². The van der Waals surface area contributed by atoms with Gasteiger partial charge in [-0.2, -0.15) is 0 Å². The lowest BCUT2D eigenvalue weighted by atomic mass is 9.92. The highest BCUT2D eigenvalue weighted by Gasteiger charge is 2.44. The fourth-order valence-electron chi connectivity index (χ4n) is 5.31. The van der Waals surface area contributed by atoms with Gasteiger partial charge in [-0.15, -0.1) is 0 Å². The van der Waals surface area contributed by atoms with Crippen LogP contribution in [0.1, 0.15) is 61.3 Å². The van der Waals surface area contributed by atoms with E-state index in [1.54, 1.807) is 7.11 Å². The van der Waals surface area contributed by atoms with E-state index < -0.39 is 0 Å². The third kappa shape index (κ3) is 3.77. The van der Waals surface area contributed by atoms with E-state index in [0.717, 1.165) is 22.2 Å². The topological polar surface area (TPSA) is 42.3 Å². The van der Waals surface area contributed by atoms with Crippen LogP contribution in [0.2, 0.25) is 0 Å². The predicted molar refractivity (Wildman–Crippen MR) is 131 cm³/mol. The summed E-state index contributed by atoms with van der Waals surface area (Å²) in [5.74, 6) is 0.860. The smallest absolute Gasteiger partial charge is 0.170 e. The molecular weight excluding hydrogens is 416 g/mol. The Morgan fingerprint density at radius 3 is 2.47 bits per heavy atom. The van der Waals surface area contributed by atoms with Gasteiger partial charge in [0, 0.05) is 29.3 Å². The van der Waals surface area contributed by atoms with Crippen molar-refractivity contribution in [1.29, 1.82) is 0 Å². The van der Waals surface area contributed by atoms with E-state index in [1.807, 2.05) is 24.4 Å². The van der Waals surface area contributed by atoms with Crippen molar-refractivity contribution < 1.29 is 4.74 Å². The third-order valence-corrected chi connectivity index (χ3v) is 7.17. The van der Waals surface area contributed by atoms with E-state index in [4.69, 9.17) is 21.9 Å². The van der Waals surface area contributed by atoms with Gasteiger partial charge in [0.2, 0.25) is 0 Å². The van der Waals surface area contributed by atoms with Gasteiger partial charge in [0.15, 0.2) is 5.11 Å². The number of aryl methyl sites for hydroxylation is 1. The molecule has 2 fully saturated rings. The van der Waals surface area contributed by atoms with E-state index in [2.05, 4.69) is 58.1 Å². The molecule has 0 bridgehead atoms. The first kappa shape index (κ1) is 21.0. The number of hydrogen-bond donors (Lipinski definition) is 1. The first-order chi connectivity index (χ1) is 15.7. The molecule has 1 N–H and O–H groups in total. The van der Waals surface area contributed by atoms with Crippen LogP contribution in [-0.2, 0) is 0 Å². The Hall–Kier alpha value is -2.86. The molecule has 2 aromatic heterocycles. The van der Waals surface area contributed by atoms with Crippen LogP contribution in [0.4, 0.5) is 0 Å². The molecule has 0 radical (unpaired) electrons. The molecule has 2 aliphatic rings. The van der Waals surface area contributed by atoms with Crippen molar-refractivity contribution in [3.8, 4) is 11.4 Å². The maximum absolute atomic E-state index is 5.94. The normalized spacial score (nSPS) is 21.6. The minimum absolute atomic E-state index is 0.0110. The summed E-state index contributed by atoms with van der Waals surface area (Å²) in [5, 5.41) is 4.48. The lowest BCUT2D eigenvalue weighted by Crippen LogP contribution is -2.40. The third-order valence-electron chi connectivity index (χ3n) is 6.84. The van der Waals surface area contributed by atoms with Crippen molar-refractivity contribution >= 4 is 17.3 Å². The maximum Gasteiger partial charge on any atom is 0.170 e. The molecule has 3 heterocycles. The van der Waals surface area contributed by atoms with Gasteiger partial charge in [-0.25, -0.2) is 0 Å². The largest absolute Gasteiger partial charge is 0.497 e. The lowest BCUT2D eigenvalue weighted by molar-refractivity contribution is 0.193. The summed E-state index contributed by atoms with van der Waals surface area (Å²) < 4.78 is 7.73. The Morgan fingerprint density at radius 2 is 1.78 bits per heavy atom. The minimum atomic E-state index is 0.0110. The fourth-order valence-corrected chi connectivity index (χ4v) is 5.70. The highest BCUT2D eigenvalue weighted by Crippen LogP contribution is 2.43. The van der Waals surface area contributed by atoms with E-state index in [0.29, 0.717) is 6.04 Å². The Kier molecular flexibility index (Phi) is 5.87. The Morgan fingerprint density at radius 1 is 1.00 bits per heavy atom. The molecule has 166 valence electrons. The number of ether oxygens (including phenoxy) is 1. The molecular formula is C26H30N4OS. The molecule has 5 rings (SSSR count). The van der Waals surface area contributed by atoms with E-state index in [9.17, 15) is 0 Å². The molecule has 5 nitrogen and oxygen atoms in total. The first-order valence-electron chi connectivity index (χ1n) is 11.5. The monoisotopic (exact) mass is 446 g/mol. The molecule has 6 heteroatoms. The minimum Gasteiger partial charge on any atom is -0.497 e. The fraction of sp³-hybridized carbons (Fsp3) is 0.385. The summed E-state index contributed by atoms with van der Waals surface area (Å²) in [6.07, 6.45) is 8.10. The summed E-state index contributed by atoms with van der Waals surface area (Å²) in [6, 6.07) is 19.4. The van der Waals surface area contributed by atoms with Crippen molar-refractivity contribution in [2.45, 2.75) is 57.2 Å². The van der Waals surface area contributed by atoms with Gasteiger partial charge in [-0.3, -0.25) is 4.98 Å². The number of nitrogens with one attached hydrogen (secondary N) is 1. The van der Waals surface area contributed by atoms with Gasteiger partial charge < -0.3 is 19.5 Å². The van der Waals surface area contributed by atoms with Crippen molar-refractivity contribution in [3.63, 3.8) is 0 Å². The second kappa shape index (κ2) is 8.94. The van der Waals surface area contributed by atoms with Gasteiger partial charge in [0.05, 0.1) is 24.9 Å². The SMILES string of the molecule is COc1ccc(-n2c(C)ccc2[C@@H]2[C@H](c3ccccn3)NC(=S)N2C2CCCCC2)cc1. The Bertz CT molecular complexity index is 1070. The van der Waals surface area contributed by atoms with Gasteiger partial charge in [0.25, 0.3) is 0 Å². The van der Waals surface area contributed by atoms with E-state index >= 15 is 0 Å². The van der Waals surface area contributed by atoms with Crippen molar-refractivity contribution in [3.05, 3.63) is 77.9 Å². The molecule has 3 aromatic rings. The Balaban J connectivity index is 1.62. The molecule has 1 aliphatic carbocycles. The quantitative estimate of drug-likeness (QED) is 0.525. The van der Waals surface area contributed by atoms with Crippen LogP contribution in [0.3, 0.4) is 0 Å². The van der Waals surface area contributed by atoms with E-state index in [1.165, 1.54) is 43.5 Å². The number of aromatic nitrogens is 2. The van der Waals surface area contributed by atoms with Crippen molar-refractivity contribution in [2.24, 2.45) is 0 Å². The van der Waals surface area contributed by atoms with Crippen LogP contribution in [0.5, 0.6) is 5.75 Å². The number of nitrogens with zero attached hydrogens (tertiary/aromatic N) is 3. The molecule has 0 spiro atoms. The average Bonchev–Trinajstić information content (AvgIpc) is 3.39. The molecule has 0 unspecified atom stereocenters. The van der Waals surface area contributed by atoms with Crippen LogP contribution in [0.15, 0.2) is 60.8 Å². The van der Waals surface area contributed by atoms with Crippen LogP contribution >= 0.6 is 12.2 Å². The number of benzene rings is 1. The highest BCUT2D eigenvalue weighted by atomic mass is 32.1. The molecule has 0 amide bonds. The number of thiocarbonyl (C=S) groups is 1. The summed E-state index contributed by atoms with van der Waals surface area (Å²) in [7, 11) is 1.70. The predicted octanol–water partition coefficient (Wildman–Crippen LogP) is 5.49. The number of hydrogen-bond acceptors (Lipinski definition) is 3. The zero-order chi connectivity index (χ0) is 22.1. The average molecular weight is 447 g/mol. The summed E-state index contributed by atoms with van der Waals surface area (Å²) in [4.78, 5) is 7.18. The standard InChI is InChI=1S/C26H30N4OS/c1-18-11-16-23(29(18)20-12-14-21(31-2)15-13-20)25-24(22-10-6-7-17-27-22)28-26(32)30(25)19-8-4-3-5-9-19/h6-7,10-17,19,24-25H,3-5,8-9H2,1-2H3,(H,28,32)/t24-,25+/m0/s1. The lowest BCUT2D eigenvalue weighted by Gasteiger charge is -2.37. The molecule has 32 heavy (non-hydrogen) atoms. The van der Waals surface area contributed by atoms with Gasteiger partial charge in [-0.1, -0.05) is 25.3 Å². The highest BCUT2D eigenvalue weighted by molar-refractivity contribution is 7.80. The maximum atomic E-state index is 5.94. The van der Waals surface area contributed by atoms with Crippen LogP contribution < -0.4 is 10.1 Å². The van der Waals surface area contributed by atoms with Crippen LogP contribution in [-0.4, -0.2) is 32.7 Å². The molecule has 1 saturated heterocycles. The van der Waals surface area contributed by atoms with Crippen molar-refractivity contribution in [1.82, 2.24) is 19.8 Å². The molecule has 2 atom stereocenters. The number of rotatable bonds is 5. The second-order valence-electron chi connectivity index (χ2n) is 8.76. The van der Waals surface area contributed by atoms with Crippen molar-refractivity contribution in [2.75, 3.05) is 7.11 Å². The first-order valence-corrected chi connectivity index (χ1v) is 11.9. The molecule has 1 saturated carbocycles. The van der Waals surface area contributed by atoms with E-state index in [-0.39, 0.29) is 12.1 Å². The molecule has 1 aliphatic heterocycles. The zero-order valence-electron chi connectivity index (χ0n) is 18.7. The van der Waals surface area contributed by atoms with Crippen LogP contribution in [0, 0.1) is 6.92 Å². The second-order valence-corrected chi connectivity index (χ2v) is 9.15. The molecule has 1 aromatic carbocycles. The van der Waals surface area contributed by atoms with Gasteiger partial charge in [0.1, 0.15) is 5.75 Å². The summed E-state index contributed by atoms with van der Waals surface area (Å²) in [6.45, 7) is 2.16. The van der Waals surface area contributed by atoms with Gasteiger partial charge in [-0.05, 0) is 80.5 Å². The van der Waals surface area contributed by atoms with Crippen LogP contribution in [0.25, 0.3) is 5.69 Å². The number of pyridine rings is 1. The summed E-state index contributed by atoms with van der Waals surface area (Å²) in [5.41, 5.74) is 4.59. The number of methoxy groups -OCH3 is 1.